The summed E-state index contributed by atoms with van der Waals surface area (Å²) >= 11 is 12.4. The van der Waals surface area contributed by atoms with Crippen LogP contribution in [0.15, 0.2) is 36.4 Å². The minimum absolute atomic E-state index is 0. The number of nitrogens with one attached hydrogen (secondary N) is 3. The standard InChI is InChI=1S/C24H25Cl2FN4O3.ClH/c1-13-10-15(8-9-34-13)31-20(32)12-24(2,30-23(31)28)17-4-3-5-19(21(17)26)29-22(33)16-7-6-14(25)11-18(16)27;/h3-7,11,13,15H,8-10,12H2,1-2H3,(H2,28,30)(H,29,33);1H/t13-,15-,24+;/m1./s1. The first-order valence-corrected chi connectivity index (χ1v) is 11.7. The number of ether oxygens (including phenoxy) is 1. The van der Waals surface area contributed by atoms with E-state index in [1.807, 2.05) is 6.92 Å². The molecule has 0 bridgehead atoms. The Balaban J connectivity index is 0.00000342. The van der Waals surface area contributed by atoms with E-state index >= 15 is 0 Å². The van der Waals surface area contributed by atoms with Gasteiger partial charge in [0.1, 0.15) is 5.82 Å². The summed E-state index contributed by atoms with van der Waals surface area (Å²) in [7, 11) is 0. The van der Waals surface area contributed by atoms with Crippen molar-refractivity contribution in [2.24, 2.45) is 0 Å². The molecular weight excluding hydrogens is 518 g/mol. The summed E-state index contributed by atoms with van der Waals surface area (Å²) in [5.41, 5.74) is -0.334. The van der Waals surface area contributed by atoms with Gasteiger partial charge in [0.15, 0.2) is 5.96 Å². The fraction of sp³-hybridized carbons (Fsp3) is 0.375. The molecule has 2 amide bonds. The van der Waals surface area contributed by atoms with Crippen molar-refractivity contribution in [1.82, 2.24) is 10.2 Å². The van der Waals surface area contributed by atoms with Crippen LogP contribution in [0.2, 0.25) is 10.0 Å². The average Bonchev–Trinajstić information content (AvgIpc) is 2.74. The Morgan fingerprint density at radius 2 is 2.06 bits per heavy atom. The maximum Gasteiger partial charge on any atom is 0.258 e. The summed E-state index contributed by atoms with van der Waals surface area (Å²) in [6.07, 6.45) is 1.42. The maximum absolute atomic E-state index is 14.2. The van der Waals surface area contributed by atoms with Crippen molar-refractivity contribution in [3.63, 3.8) is 0 Å². The Hall–Kier alpha value is -2.39. The molecule has 2 heterocycles. The van der Waals surface area contributed by atoms with Crippen LogP contribution >= 0.6 is 35.6 Å². The molecule has 3 atom stereocenters. The largest absolute Gasteiger partial charge is 0.378 e. The molecule has 0 aliphatic carbocycles. The molecule has 2 aliphatic rings. The van der Waals surface area contributed by atoms with Crippen molar-refractivity contribution in [2.45, 2.75) is 50.8 Å². The molecule has 0 radical (unpaired) electrons. The lowest BCUT2D eigenvalue weighted by Gasteiger charge is -2.45. The van der Waals surface area contributed by atoms with Crippen LogP contribution in [0, 0.1) is 11.2 Å². The molecule has 4 rings (SSSR count). The second kappa shape index (κ2) is 10.7. The van der Waals surface area contributed by atoms with Crippen LogP contribution in [0.4, 0.5) is 10.1 Å². The first-order chi connectivity index (χ1) is 16.1. The molecule has 188 valence electrons. The number of amides is 2. The van der Waals surface area contributed by atoms with Gasteiger partial charge in [-0.1, -0.05) is 35.3 Å². The van der Waals surface area contributed by atoms with Gasteiger partial charge in [0.25, 0.3) is 5.91 Å². The fourth-order valence-electron chi connectivity index (χ4n) is 4.55. The summed E-state index contributed by atoms with van der Waals surface area (Å²) < 4.78 is 19.7. The zero-order valence-electron chi connectivity index (χ0n) is 19.2. The Morgan fingerprint density at radius 3 is 2.71 bits per heavy atom. The maximum atomic E-state index is 14.2. The number of carbonyl (C=O) groups is 2. The minimum atomic E-state index is -0.967. The number of nitrogens with zero attached hydrogens (tertiary/aromatic N) is 1. The van der Waals surface area contributed by atoms with Crippen LogP contribution in [0.25, 0.3) is 0 Å². The lowest BCUT2D eigenvalue weighted by atomic mass is 9.85. The van der Waals surface area contributed by atoms with Crippen LogP contribution in [-0.2, 0) is 15.1 Å². The third kappa shape index (κ3) is 5.56. The van der Waals surface area contributed by atoms with Crippen molar-refractivity contribution >= 4 is 59.1 Å². The van der Waals surface area contributed by atoms with E-state index in [0.717, 1.165) is 6.07 Å². The van der Waals surface area contributed by atoms with Crippen LogP contribution in [0.1, 0.15) is 49.0 Å². The van der Waals surface area contributed by atoms with Gasteiger partial charge >= 0.3 is 0 Å². The normalized spacial score (nSPS) is 24.4. The minimum Gasteiger partial charge on any atom is -0.378 e. The van der Waals surface area contributed by atoms with Gasteiger partial charge in [0.05, 0.1) is 34.3 Å². The molecule has 35 heavy (non-hydrogen) atoms. The number of hydrogen-bond acceptors (Lipinski definition) is 4. The molecule has 0 saturated carbocycles. The van der Waals surface area contributed by atoms with Crippen LogP contribution < -0.4 is 10.6 Å². The third-order valence-corrected chi connectivity index (χ3v) is 6.89. The molecule has 2 aromatic carbocycles. The Bertz CT molecular complexity index is 1140. The monoisotopic (exact) mass is 542 g/mol. The molecule has 2 saturated heterocycles. The van der Waals surface area contributed by atoms with Gasteiger partial charge in [-0.25, -0.2) is 4.39 Å². The van der Waals surface area contributed by atoms with Gasteiger partial charge < -0.3 is 15.4 Å². The zero-order valence-corrected chi connectivity index (χ0v) is 21.5. The quantitative estimate of drug-likeness (QED) is 0.485. The van der Waals surface area contributed by atoms with Crippen LogP contribution in [0.5, 0.6) is 0 Å². The van der Waals surface area contributed by atoms with Gasteiger partial charge in [-0.15, -0.1) is 12.4 Å². The third-order valence-electron chi connectivity index (χ3n) is 6.25. The van der Waals surface area contributed by atoms with Gasteiger partial charge in [-0.2, -0.15) is 0 Å². The molecule has 0 aromatic heterocycles. The van der Waals surface area contributed by atoms with E-state index in [1.165, 1.54) is 17.0 Å². The Morgan fingerprint density at radius 1 is 1.31 bits per heavy atom. The molecule has 2 aromatic rings. The molecular formula is C24H26Cl3FN4O3. The molecule has 7 nitrogen and oxygen atoms in total. The SMILES string of the molecule is C[C@@H]1C[C@H](N2C(=N)N[C@](C)(c3cccc(NC(=O)c4ccc(Cl)cc4F)c3Cl)CC2=O)CCO1.Cl. The highest BCUT2D eigenvalue weighted by molar-refractivity contribution is 6.35. The number of hydrogen-bond donors (Lipinski definition) is 3. The fourth-order valence-corrected chi connectivity index (χ4v) is 5.09. The van der Waals surface area contributed by atoms with Crippen molar-refractivity contribution in [2.75, 3.05) is 11.9 Å². The van der Waals surface area contributed by atoms with Gasteiger partial charge in [-0.05, 0) is 56.5 Å². The Labute approximate surface area is 219 Å². The zero-order chi connectivity index (χ0) is 24.6. The number of anilines is 1. The van der Waals surface area contributed by atoms with Gasteiger partial charge in [0.2, 0.25) is 5.91 Å². The second-order valence-electron chi connectivity index (χ2n) is 8.85. The van der Waals surface area contributed by atoms with E-state index in [4.69, 9.17) is 33.3 Å². The number of benzene rings is 2. The summed E-state index contributed by atoms with van der Waals surface area (Å²) in [5, 5.41) is 14.7. The first-order valence-electron chi connectivity index (χ1n) is 10.9. The molecule has 2 aliphatic heterocycles. The Kier molecular flexibility index (Phi) is 8.32. The van der Waals surface area contributed by atoms with E-state index in [0.29, 0.717) is 25.0 Å². The molecule has 0 unspecified atom stereocenters. The highest BCUT2D eigenvalue weighted by atomic mass is 35.5. The van der Waals surface area contributed by atoms with Crippen LogP contribution in [-0.4, -0.2) is 41.4 Å². The van der Waals surface area contributed by atoms with E-state index < -0.39 is 17.3 Å². The number of halogens is 4. The predicted octanol–water partition coefficient (Wildman–Crippen LogP) is 5.35. The van der Waals surface area contributed by atoms with Gasteiger partial charge in [0, 0.05) is 17.7 Å². The highest BCUT2D eigenvalue weighted by Gasteiger charge is 2.43. The highest BCUT2D eigenvalue weighted by Crippen LogP contribution is 2.38. The summed E-state index contributed by atoms with van der Waals surface area (Å²) in [4.78, 5) is 27.3. The summed E-state index contributed by atoms with van der Waals surface area (Å²) in [6, 6.07) is 8.68. The number of rotatable bonds is 4. The molecule has 3 N–H and O–H groups in total. The number of carbonyl (C=O) groups excluding carboxylic acids is 2. The first kappa shape index (κ1) is 27.2. The summed E-state index contributed by atoms with van der Waals surface area (Å²) in [6.45, 7) is 4.29. The van der Waals surface area contributed by atoms with E-state index in [1.54, 1.807) is 25.1 Å². The lowest BCUT2D eigenvalue weighted by molar-refractivity contribution is -0.134. The van der Waals surface area contributed by atoms with E-state index in [-0.39, 0.29) is 64.1 Å². The number of guanidine groups is 1. The van der Waals surface area contributed by atoms with Crippen LogP contribution in [0.3, 0.4) is 0 Å². The van der Waals surface area contributed by atoms with Gasteiger partial charge in [-0.3, -0.25) is 19.9 Å². The van der Waals surface area contributed by atoms with E-state index in [9.17, 15) is 14.0 Å². The molecule has 11 heteroatoms. The van der Waals surface area contributed by atoms with Crippen molar-refractivity contribution in [3.05, 3.63) is 63.4 Å². The topological polar surface area (TPSA) is 94.5 Å². The molecule has 0 spiro atoms. The lowest BCUT2D eigenvalue weighted by Crippen LogP contribution is -2.63. The predicted molar refractivity (Wildman–Crippen MR) is 136 cm³/mol. The summed E-state index contributed by atoms with van der Waals surface area (Å²) in [5.74, 6) is -1.61. The van der Waals surface area contributed by atoms with Crippen molar-refractivity contribution in [3.8, 4) is 0 Å². The van der Waals surface area contributed by atoms with Crippen molar-refractivity contribution in [1.29, 1.82) is 5.41 Å². The van der Waals surface area contributed by atoms with E-state index in [2.05, 4.69) is 10.6 Å². The second-order valence-corrected chi connectivity index (χ2v) is 9.67. The smallest absolute Gasteiger partial charge is 0.258 e. The average molecular weight is 544 g/mol. The van der Waals surface area contributed by atoms with Crippen molar-refractivity contribution < 1.29 is 18.7 Å². The molecule has 2 fully saturated rings.